The van der Waals surface area contributed by atoms with Crippen LogP contribution in [0, 0.1) is 28.9 Å². The predicted octanol–water partition coefficient (Wildman–Crippen LogP) is 5.80. The van der Waals surface area contributed by atoms with Gasteiger partial charge in [-0.2, -0.15) is 9.65 Å². The number of hydrazine groups is 2. The first kappa shape index (κ1) is 23.6. The first-order chi connectivity index (χ1) is 19.2. The molecule has 0 radical (unpaired) electrons. The maximum absolute atomic E-state index is 13.9. The molecule has 39 heavy (non-hydrogen) atoms. The molecule has 1 fully saturated rings. The minimum absolute atomic E-state index is 0.102. The van der Waals surface area contributed by atoms with E-state index in [2.05, 4.69) is 31.6 Å². The van der Waals surface area contributed by atoms with Crippen LogP contribution in [0.2, 0.25) is 5.02 Å². The van der Waals surface area contributed by atoms with Crippen LogP contribution in [-0.4, -0.2) is 21.0 Å². The lowest BCUT2D eigenvalue weighted by Crippen LogP contribution is -2.38. The molecule has 1 atom stereocenters. The monoisotopic (exact) mass is 549 g/mol. The van der Waals surface area contributed by atoms with Crippen LogP contribution >= 0.6 is 11.6 Å². The van der Waals surface area contributed by atoms with Gasteiger partial charge in [0.1, 0.15) is 11.9 Å². The standard InChI is InChI=1S/C27H20ClF3N8/c28-21-8-17(35-25(14-1-3-16(29)4-2-14)23-13-39(38-37-23)19-5-6-19)7-20-24(15(10-32)11-33-26(20)21)36-18-9-22(30)27(31)34-12-18/h1-4,7-9,11-13,19,25,35,37-38H,5-6H2,(H,33,36)/t25-/m1/s1/i25D. The number of fused-ring (bicyclic) bond motifs is 1. The Bertz CT molecular complexity index is 1710. The first-order valence-corrected chi connectivity index (χ1v) is 12.3. The third-order valence-corrected chi connectivity index (χ3v) is 6.60. The minimum atomic E-state index is -1.63. The molecule has 1 aliphatic carbocycles. The molecule has 0 saturated heterocycles. The average molecular weight is 550 g/mol. The molecule has 2 aromatic carbocycles. The Kier molecular flexibility index (Phi) is 6.03. The molecule has 0 spiro atoms. The van der Waals surface area contributed by atoms with Gasteiger partial charge in [0.15, 0.2) is 5.82 Å². The van der Waals surface area contributed by atoms with Gasteiger partial charge in [0, 0.05) is 35.6 Å². The topological polar surface area (TPSA) is 101 Å². The Morgan fingerprint density at radius 2 is 1.90 bits per heavy atom. The molecular formula is C27H20ClF3N8. The van der Waals surface area contributed by atoms with Gasteiger partial charge in [0.05, 0.1) is 46.8 Å². The highest BCUT2D eigenvalue weighted by Crippen LogP contribution is 2.37. The Balaban J connectivity index is 1.45. The molecule has 3 heterocycles. The second-order valence-electron chi connectivity index (χ2n) is 9.06. The SMILES string of the molecule is [2H][C@](Nc1cc(Cl)c2ncc(C#N)c(Nc3cnc(F)c(F)c3)c2c1)(C1=CN(C2CC2)NN1)c1ccc(F)cc1. The number of aromatic nitrogens is 2. The number of nitrogens with zero attached hydrogens (tertiary/aromatic N) is 4. The van der Waals surface area contributed by atoms with Crippen molar-refractivity contribution >= 4 is 39.6 Å². The molecule has 2 aliphatic rings. The van der Waals surface area contributed by atoms with Gasteiger partial charge in [-0.15, -0.1) is 5.53 Å². The highest BCUT2D eigenvalue weighted by molar-refractivity contribution is 6.36. The third kappa shape index (κ3) is 4.99. The highest BCUT2D eigenvalue weighted by atomic mass is 35.5. The van der Waals surface area contributed by atoms with E-state index in [4.69, 9.17) is 11.6 Å². The number of halogens is 4. The fraction of sp³-hybridized carbons (Fsp3) is 0.148. The van der Waals surface area contributed by atoms with Crippen molar-refractivity contribution in [2.45, 2.75) is 24.9 Å². The van der Waals surface area contributed by atoms with E-state index >= 15 is 0 Å². The van der Waals surface area contributed by atoms with Crippen LogP contribution in [0.1, 0.15) is 31.4 Å². The van der Waals surface area contributed by atoms with Crippen LogP contribution in [0.5, 0.6) is 0 Å². The van der Waals surface area contributed by atoms with E-state index in [-0.39, 0.29) is 22.0 Å². The molecular weight excluding hydrogens is 529 g/mol. The normalized spacial score (nSPS) is 16.6. The van der Waals surface area contributed by atoms with Crippen molar-refractivity contribution in [1.29, 1.82) is 5.26 Å². The van der Waals surface area contributed by atoms with Gasteiger partial charge in [0.2, 0.25) is 5.95 Å². The van der Waals surface area contributed by atoms with E-state index in [1.54, 1.807) is 18.3 Å². The van der Waals surface area contributed by atoms with Gasteiger partial charge in [-0.1, -0.05) is 23.7 Å². The second kappa shape index (κ2) is 9.98. The molecule has 12 heteroatoms. The van der Waals surface area contributed by atoms with Crippen LogP contribution in [0.4, 0.5) is 30.2 Å². The molecule has 8 nitrogen and oxygen atoms in total. The molecule has 2 aromatic heterocycles. The van der Waals surface area contributed by atoms with Gasteiger partial charge in [-0.05, 0) is 42.7 Å². The Hall–Kier alpha value is -4.53. The number of pyridine rings is 2. The van der Waals surface area contributed by atoms with Crippen molar-refractivity contribution in [3.8, 4) is 6.07 Å². The van der Waals surface area contributed by atoms with Crippen molar-refractivity contribution in [1.82, 2.24) is 25.9 Å². The van der Waals surface area contributed by atoms with Gasteiger partial charge >= 0.3 is 0 Å². The number of nitrogens with one attached hydrogen (secondary N) is 4. The molecule has 0 bridgehead atoms. The van der Waals surface area contributed by atoms with E-state index in [1.807, 2.05) is 11.1 Å². The van der Waals surface area contributed by atoms with Crippen LogP contribution in [-0.2, 0) is 0 Å². The summed E-state index contributed by atoms with van der Waals surface area (Å²) in [6, 6.07) is 10.4. The first-order valence-electron chi connectivity index (χ1n) is 12.4. The molecule has 4 N–H and O–H groups in total. The van der Waals surface area contributed by atoms with E-state index in [0.29, 0.717) is 33.9 Å². The van der Waals surface area contributed by atoms with Crippen LogP contribution in [0.25, 0.3) is 10.9 Å². The summed E-state index contributed by atoms with van der Waals surface area (Å²) in [5.41, 5.74) is 8.17. The fourth-order valence-corrected chi connectivity index (χ4v) is 4.51. The Morgan fingerprint density at radius 3 is 2.62 bits per heavy atom. The minimum Gasteiger partial charge on any atom is -0.373 e. The van der Waals surface area contributed by atoms with E-state index < -0.39 is 23.6 Å². The lowest BCUT2D eigenvalue weighted by Gasteiger charge is -2.22. The quantitative estimate of drug-likeness (QED) is 0.215. The fourth-order valence-electron chi connectivity index (χ4n) is 4.25. The summed E-state index contributed by atoms with van der Waals surface area (Å²) < 4.78 is 50.6. The molecule has 196 valence electrons. The predicted molar refractivity (Wildman–Crippen MR) is 141 cm³/mol. The van der Waals surface area contributed by atoms with Crippen molar-refractivity contribution in [3.05, 3.63) is 100 Å². The summed E-state index contributed by atoms with van der Waals surface area (Å²) in [4.78, 5) is 7.69. The number of benzene rings is 2. The van der Waals surface area contributed by atoms with Crippen molar-refractivity contribution < 1.29 is 14.5 Å². The smallest absolute Gasteiger partial charge is 0.249 e. The maximum atomic E-state index is 13.9. The molecule has 1 aliphatic heterocycles. The van der Waals surface area contributed by atoms with Crippen molar-refractivity contribution in [2.24, 2.45) is 0 Å². The molecule has 4 aromatic rings. The summed E-state index contributed by atoms with van der Waals surface area (Å²) in [5.74, 6) is -2.85. The summed E-state index contributed by atoms with van der Waals surface area (Å²) >= 11 is 6.61. The molecule has 6 rings (SSSR count). The number of hydrogen-bond acceptors (Lipinski definition) is 8. The Labute approximate surface area is 227 Å². The van der Waals surface area contributed by atoms with Gasteiger partial charge < -0.3 is 16.1 Å². The number of anilines is 3. The molecule has 0 unspecified atom stereocenters. The lowest BCUT2D eigenvalue weighted by molar-refractivity contribution is 0.260. The van der Waals surface area contributed by atoms with Gasteiger partial charge in [-0.25, -0.2) is 13.8 Å². The van der Waals surface area contributed by atoms with E-state index in [9.17, 15) is 19.8 Å². The summed E-state index contributed by atoms with van der Waals surface area (Å²) in [6.07, 6.45) is 6.24. The lowest BCUT2D eigenvalue weighted by atomic mass is 10.0. The van der Waals surface area contributed by atoms with Crippen molar-refractivity contribution in [2.75, 3.05) is 10.6 Å². The van der Waals surface area contributed by atoms with Crippen LogP contribution < -0.4 is 21.6 Å². The third-order valence-electron chi connectivity index (χ3n) is 6.31. The second-order valence-corrected chi connectivity index (χ2v) is 9.47. The van der Waals surface area contributed by atoms with Crippen LogP contribution in [0.3, 0.4) is 0 Å². The van der Waals surface area contributed by atoms with E-state index in [0.717, 1.165) is 25.1 Å². The summed E-state index contributed by atoms with van der Waals surface area (Å²) in [7, 11) is 0. The zero-order chi connectivity index (χ0) is 28.0. The zero-order valence-electron chi connectivity index (χ0n) is 21.1. The largest absolute Gasteiger partial charge is 0.373 e. The zero-order valence-corrected chi connectivity index (χ0v) is 20.8. The molecule has 1 saturated carbocycles. The number of nitriles is 1. The van der Waals surface area contributed by atoms with Gasteiger partial charge in [0.25, 0.3) is 0 Å². The number of rotatable bonds is 7. The summed E-state index contributed by atoms with van der Waals surface area (Å²) in [5, 5.41) is 18.3. The van der Waals surface area contributed by atoms with E-state index in [1.165, 1.54) is 30.5 Å². The molecule has 0 amide bonds. The maximum Gasteiger partial charge on any atom is 0.249 e. The van der Waals surface area contributed by atoms with Crippen LogP contribution in [0.15, 0.2) is 66.8 Å². The summed E-state index contributed by atoms with van der Waals surface area (Å²) in [6.45, 7) is 0. The van der Waals surface area contributed by atoms with Crippen molar-refractivity contribution in [3.63, 3.8) is 0 Å². The van der Waals surface area contributed by atoms with Gasteiger partial charge in [-0.3, -0.25) is 9.99 Å². The highest BCUT2D eigenvalue weighted by Gasteiger charge is 2.32. The Morgan fingerprint density at radius 1 is 1.10 bits per heavy atom. The number of hydrogen-bond donors (Lipinski definition) is 4. The average Bonchev–Trinajstić information content (AvgIpc) is 3.67.